The number of Topliss-reactive ketones (excluding diaryl/α,β-unsaturated/α-hetero) is 1. The first-order valence-electron chi connectivity index (χ1n) is 21.3. The van der Waals surface area contributed by atoms with E-state index in [9.17, 15) is 99.9 Å². The van der Waals surface area contributed by atoms with Gasteiger partial charge in [0.05, 0.1) is 33.7 Å². The Labute approximate surface area is 404 Å². The Balaban J connectivity index is 1.29. The molecule has 73 heavy (non-hydrogen) atoms. The van der Waals surface area contributed by atoms with E-state index in [4.69, 9.17) is 33.2 Å². The van der Waals surface area contributed by atoms with Gasteiger partial charge >= 0.3 is 29.8 Å². The van der Waals surface area contributed by atoms with Crippen molar-refractivity contribution in [3.8, 4) is 80.1 Å². The van der Waals surface area contributed by atoms with Gasteiger partial charge in [-0.1, -0.05) is 6.92 Å². The van der Waals surface area contributed by atoms with Gasteiger partial charge in [0.2, 0.25) is 29.6 Å². The molecule has 27 heteroatoms. The number of fused-ring (bicyclic) bond motifs is 3. The fraction of sp³-hybridized carbons (Fsp3) is 0.283. The molecule has 8 atom stereocenters. The van der Waals surface area contributed by atoms with Crippen LogP contribution in [0.4, 0.5) is 0 Å². The van der Waals surface area contributed by atoms with Crippen LogP contribution in [0.15, 0.2) is 42.0 Å². The van der Waals surface area contributed by atoms with Crippen LogP contribution in [0, 0.1) is 0 Å². The van der Waals surface area contributed by atoms with Gasteiger partial charge < -0.3 is 99.5 Å². The highest BCUT2D eigenvalue weighted by atomic mass is 16.7. The molecule has 0 radical (unpaired) electrons. The number of rotatable bonds is 6. The average Bonchev–Trinajstić information content (AvgIpc) is 3.66. The molecule has 5 aliphatic rings. The average molecular weight is 1020 g/mol. The lowest BCUT2D eigenvalue weighted by molar-refractivity contribution is -0.286. The number of carbonyl (C=O) groups is 7. The summed E-state index contributed by atoms with van der Waals surface area (Å²) in [5.41, 5.74) is -11.4. The number of cyclic esters (lactones) is 1. The van der Waals surface area contributed by atoms with Crippen LogP contribution in [0.1, 0.15) is 79.1 Å². The SMILES string of the molecule is CCCC(=O)C[C@]1(O)C(=O)C=C2C(=O)O[C@H]3[C@@H]4OC(=O)c5cc(O)c(O)c(O)c5-c5c(cc(O)c(O)c5O)C(=O)OC[C@H]3O[C@@H](OC(=O)c3cc(O)c(O)c(O)c3)[C@@H]4OC(=O)c3cc(O)c(O)c4c3[C@H]2[C@@]1(O)O4. The molecule has 4 bridgehead atoms. The van der Waals surface area contributed by atoms with Crippen molar-refractivity contribution in [3.63, 3.8) is 0 Å². The number of carbonyl (C=O) groups excluding carboxylic acids is 7. The van der Waals surface area contributed by atoms with Crippen molar-refractivity contribution in [1.29, 1.82) is 0 Å². The van der Waals surface area contributed by atoms with Gasteiger partial charge in [-0.3, -0.25) is 9.59 Å². The zero-order valence-electron chi connectivity index (χ0n) is 36.8. The third-order valence-corrected chi connectivity index (χ3v) is 12.7. The lowest BCUT2D eigenvalue weighted by Gasteiger charge is -2.45. The van der Waals surface area contributed by atoms with Gasteiger partial charge in [0.15, 0.2) is 75.3 Å². The molecule has 13 N–H and O–H groups in total. The first-order chi connectivity index (χ1) is 34.3. The van der Waals surface area contributed by atoms with Crippen LogP contribution in [0.25, 0.3) is 11.1 Å². The first kappa shape index (κ1) is 48.8. The molecule has 1 fully saturated rings. The van der Waals surface area contributed by atoms with Crippen molar-refractivity contribution >= 4 is 41.4 Å². The van der Waals surface area contributed by atoms with E-state index in [1.165, 1.54) is 0 Å². The molecular weight excluding hydrogens is 984 g/mol. The molecule has 4 aromatic carbocycles. The predicted octanol–water partition coefficient (Wildman–Crippen LogP) is 0.708. The van der Waals surface area contributed by atoms with Crippen LogP contribution in [-0.4, -0.2) is 156 Å². The van der Waals surface area contributed by atoms with Crippen molar-refractivity contribution in [2.24, 2.45) is 0 Å². The second kappa shape index (κ2) is 17.0. The number of phenolic OH excluding ortho intramolecular Hbond substituents is 11. The van der Waals surface area contributed by atoms with Gasteiger partial charge in [-0.2, -0.15) is 0 Å². The summed E-state index contributed by atoms with van der Waals surface area (Å²) in [5.74, 6) is -32.2. The van der Waals surface area contributed by atoms with E-state index in [1.54, 1.807) is 6.92 Å². The number of phenols is 11. The van der Waals surface area contributed by atoms with Crippen LogP contribution in [0.3, 0.4) is 0 Å². The third kappa shape index (κ3) is 7.34. The Kier molecular flexibility index (Phi) is 11.4. The Bertz CT molecular complexity index is 3190. The minimum absolute atomic E-state index is 0.171. The number of aliphatic hydroxyl groups is 2. The smallest absolute Gasteiger partial charge is 0.340 e. The van der Waals surface area contributed by atoms with Crippen LogP contribution < -0.4 is 4.74 Å². The molecule has 4 heterocycles. The zero-order valence-corrected chi connectivity index (χ0v) is 36.8. The van der Waals surface area contributed by atoms with Crippen molar-refractivity contribution < 1.29 is 133 Å². The van der Waals surface area contributed by atoms with E-state index in [1.807, 2.05) is 0 Å². The maximum Gasteiger partial charge on any atom is 0.340 e. The summed E-state index contributed by atoms with van der Waals surface area (Å²) >= 11 is 0. The summed E-state index contributed by atoms with van der Waals surface area (Å²) < 4.78 is 40.0. The Hall–Kier alpha value is -9.21. The van der Waals surface area contributed by atoms with Crippen LogP contribution >= 0.6 is 0 Å². The van der Waals surface area contributed by atoms with Crippen LogP contribution in [-0.2, 0) is 42.8 Å². The van der Waals surface area contributed by atoms with E-state index in [0.29, 0.717) is 36.4 Å². The summed E-state index contributed by atoms with van der Waals surface area (Å²) in [6.45, 7) is 0.261. The number of ketones is 2. The monoisotopic (exact) mass is 1020 g/mol. The van der Waals surface area contributed by atoms with E-state index in [2.05, 4.69) is 0 Å². The molecule has 1 aliphatic carbocycles. The molecule has 0 amide bonds. The number of benzene rings is 4. The molecule has 0 saturated carbocycles. The van der Waals surface area contributed by atoms with Gasteiger partial charge in [-0.15, -0.1) is 0 Å². The highest BCUT2D eigenvalue weighted by Crippen LogP contribution is 2.61. The highest BCUT2D eigenvalue weighted by Gasteiger charge is 2.71. The molecule has 4 aromatic rings. The quantitative estimate of drug-likeness (QED) is 0.0718. The first-order valence-corrected chi connectivity index (χ1v) is 21.3. The molecule has 9 rings (SSSR count). The van der Waals surface area contributed by atoms with Crippen molar-refractivity contribution in [2.45, 2.75) is 74.2 Å². The van der Waals surface area contributed by atoms with Gasteiger partial charge in [0.1, 0.15) is 18.5 Å². The molecule has 1 saturated heterocycles. The van der Waals surface area contributed by atoms with Gasteiger partial charge in [-0.05, 0) is 42.8 Å². The Morgan fingerprint density at radius 1 is 0.630 bits per heavy atom. The third-order valence-electron chi connectivity index (χ3n) is 12.7. The lowest BCUT2D eigenvalue weighted by Crippen LogP contribution is -2.67. The van der Waals surface area contributed by atoms with E-state index in [-0.39, 0.29) is 12.8 Å². The number of ether oxygens (including phenoxy) is 7. The molecule has 0 aromatic heterocycles. The van der Waals surface area contributed by atoms with E-state index >= 15 is 0 Å². The van der Waals surface area contributed by atoms with E-state index < -0.39 is 216 Å². The molecule has 4 aliphatic heterocycles. The minimum atomic E-state index is -3.55. The molecule has 27 nitrogen and oxygen atoms in total. The topological polar surface area (TPSA) is 447 Å². The summed E-state index contributed by atoms with van der Waals surface area (Å²) in [7, 11) is 0. The molecule has 0 spiro atoms. The summed E-state index contributed by atoms with van der Waals surface area (Å²) in [6, 6.07) is 2.45. The lowest BCUT2D eigenvalue weighted by atomic mass is 9.67. The van der Waals surface area contributed by atoms with Crippen molar-refractivity contribution in [2.75, 3.05) is 6.61 Å². The van der Waals surface area contributed by atoms with Crippen LogP contribution in [0.5, 0.6) is 69.0 Å². The summed E-state index contributed by atoms with van der Waals surface area (Å²) in [6.07, 6.45) is -13.3. The maximum atomic E-state index is 14.9. The number of hydrogen-bond acceptors (Lipinski definition) is 27. The van der Waals surface area contributed by atoms with E-state index in [0.717, 1.165) is 0 Å². The predicted molar refractivity (Wildman–Crippen MR) is 227 cm³/mol. The van der Waals surface area contributed by atoms with Gasteiger partial charge in [-0.25, -0.2) is 24.0 Å². The normalized spacial score (nSPS) is 26.0. The molecule has 382 valence electrons. The van der Waals surface area contributed by atoms with Crippen molar-refractivity contribution in [1.82, 2.24) is 0 Å². The second-order valence-electron chi connectivity index (χ2n) is 17.1. The summed E-state index contributed by atoms with van der Waals surface area (Å²) in [4.78, 5) is 99.5. The molecular formula is C46H36O27. The van der Waals surface area contributed by atoms with Gasteiger partial charge in [0.25, 0.3) is 5.79 Å². The maximum absolute atomic E-state index is 14.9. The highest BCUT2D eigenvalue weighted by molar-refractivity contribution is 6.11. The van der Waals surface area contributed by atoms with Gasteiger partial charge in [0, 0.05) is 29.5 Å². The number of hydrogen-bond donors (Lipinski definition) is 13. The fourth-order valence-electron chi connectivity index (χ4n) is 9.19. The number of esters is 5. The van der Waals surface area contributed by atoms with Crippen molar-refractivity contribution in [3.05, 3.63) is 69.8 Å². The Morgan fingerprint density at radius 3 is 1.75 bits per heavy atom. The van der Waals surface area contributed by atoms with Crippen LogP contribution in [0.2, 0.25) is 0 Å². The largest absolute Gasteiger partial charge is 0.504 e. The molecule has 0 unspecified atom stereocenters. The Morgan fingerprint density at radius 2 is 1.15 bits per heavy atom. The standard InChI is InChI=1S/C46H36O27/c1-2-3-13(47)10-45(65)24(53)9-17-28-27-16(8-22(52)32(57)36(27)73-46(28,45)66)42(63)71-38-37-35(69-43(17)64)23(68-44(38)72-39(60)12-4-18(48)29(54)19(49)5-12)11-67-40(61)14-6-20(50)30(55)33(58)25(14)26-15(41(62)70-37)7-21(51)31(56)34(26)59/h4-9,23,28,35,37-38,44,48-52,54-59,65-66H,2-3,10-11H2,1H3/t23-,28+,35-,37+,38-,44+,45+,46-/m1/s1. The number of aromatic hydroxyl groups is 11. The zero-order chi connectivity index (χ0) is 53.1. The summed E-state index contributed by atoms with van der Waals surface area (Å²) in [5, 5.41) is 142. The second-order valence-corrected chi connectivity index (χ2v) is 17.1. The fourth-order valence-corrected chi connectivity index (χ4v) is 9.19. The minimum Gasteiger partial charge on any atom is -0.504 e.